The van der Waals surface area contributed by atoms with Crippen molar-refractivity contribution in [1.82, 2.24) is 15.5 Å². The van der Waals surface area contributed by atoms with Gasteiger partial charge >= 0.3 is 5.97 Å². The molecule has 0 bridgehead atoms. The Kier molecular flexibility index (Phi) is 8.17. The summed E-state index contributed by atoms with van der Waals surface area (Å²) in [6.07, 6.45) is 0.111. The maximum Gasteiger partial charge on any atom is 0.326 e. The first-order chi connectivity index (χ1) is 20.6. The van der Waals surface area contributed by atoms with Crippen molar-refractivity contribution in [1.29, 1.82) is 5.26 Å². The van der Waals surface area contributed by atoms with Gasteiger partial charge in [-0.25, -0.2) is 4.79 Å². The molecule has 1 amide bonds. The molecule has 0 aliphatic carbocycles. The van der Waals surface area contributed by atoms with Crippen molar-refractivity contribution in [2.24, 2.45) is 0 Å². The van der Waals surface area contributed by atoms with E-state index in [1.807, 2.05) is 54.6 Å². The number of amides is 1. The predicted molar refractivity (Wildman–Crippen MR) is 163 cm³/mol. The molecule has 0 radical (unpaired) electrons. The fraction of sp³-hybridized carbons (Fsp3) is 0.171. The Morgan fingerprint density at radius 3 is 2.14 bits per heavy atom. The lowest BCUT2D eigenvalue weighted by atomic mass is 9.86. The topological polar surface area (TPSA) is 129 Å². The fourth-order valence-corrected chi connectivity index (χ4v) is 4.67. The van der Waals surface area contributed by atoms with Crippen molar-refractivity contribution >= 4 is 11.9 Å². The summed E-state index contributed by atoms with van der Waals surface area (Å²) >= 11 is 0. The highest BCUT2D eigenvalue weighted by Crippen LogP contribution is 2.28. The third-order valence-corrected chi connectivity index (χ3v) is 7.18. The molecule has 0 aliphatic rings. The number of nitrogens with one attached hydrogen (secondary N) is 1. The highest BCUT2D eigenvalue weighted by Gasteiger charge is 2.22. The van der Waals surface area contributed by atoms with E-state index in [0.29, 0.717) is 28.4 Å². The fourth-order valence-electron chi connectivity index (χ4n) is 4.67. The summed E-state index contributed by atoms with van der Waals surface area (Å²) in [7, 11) is 0. The summed E-state index contributed by atoms with van der Waals surface area (Å²) in [5.41, 5.74) is 5.97. The Bertz CT molecular complexity index is 1790. The average molecular weight is 571 g/mol. The van der Waals surface area contributed by atoms with Gasteiger partial charge in [-0.05, 0) is 58.0 Å². The number of nitriles is 1. The largest absolute Gasteiger partial charge is 0.480 e. The first-order valence-corrected chi connectivity index (χ1v) is 13.8. The Balaban J connectivity index is 1.25. The van der Waals surface area contributed by atoms with E-state index < -0.39 is 17.9 Å². The summed E-state index contributed by atoms with van der Waals surface area (Å²) in [6, 6.07) is 30.4. The van der Waals surface area contributed by atoms with Gasteiger partial charge in [-0.1, -0.05) is 92.7 Å². The molecule has 1 aromatic heterocycles. The molecule has 5 rings (SSSR count). The number of carboxylic acid groups (broad SMARTS) is 1. The maximum absolute atomic E-state index is 12.8. The molecular formula is C35H30N4O4. The van der Waals surface area contributed by atoms with E-state index in [2.05, 4.69) is 42.3 Å². The van der Waals surface area contributed by atoms with Gasteiger partial charge in [-0.3, -0.25) is 4.79 Å². The van der Waals surface area contributed by atoms with E-state index in [1.54, 1.807) is 42.5 Å². The third-order valence-electron chi connectivity index (χ3n) is 7.18. The smallest absolute Gasteiger partial charge is 0.326 e. The first kappa shape index (κ1) is 29.0. The number of hydrogen-bond acceptors (Lipinski definition) is 6. The van der Waals surface area contributed by atoms with E-state index >= 15 is 0 Å². The van der Waals surface area contributed by atoms with Crippen molar-refractivity contribution in [2.45, 2.75) is 38.6 Å². The Labute approximate surface area is 249 Å². The van der Waals surface area contributed by atoms with E-state index in [-0.39, 0.29) is 11.8 Å². The monoisotopic (exact) mass is 570 g/mol. The van der Waals surface area contributed by atoms with Gasteiger partial charge in [0.15, 0.2) is 0 Å². The van der Waals surface area contributed by atoms with Crippen LogP contribution in [0.3, 0.4) is 0 Å². The number of benzene rings is 4. The van der Waals surface area contributed by atoms with Crippen LogP contribution in [0.1, 0.15) is 47.8 Å². The van der Waals surface area contributed by atoms with Crippen LogP contribution in [0.4, 0.5) is 0 Å². The van der Waals surface area contributed by atoms with E-state index in [0.717, 1.165) is 27.8 Å². The standard InChI is InChI=1S/C35H30N4O4/c1-35(2,3)28-18-16-25(17-19-28)32(40)37-30(34(41)42)20-22-8-10-24(11-9-22)31-38-33(43-39-31)26-14-12-23(13-15-26)29-7-5-4-6-27(29)21-36/h4-19,30H,20H2,1-3H3,(H,37,40)(H,41,42)/t30-/m0/s1. The van der Waals surface area contributed by atoms with E-state index in [9.17, 15) is 20.0 Å². The molecule has 0 saturated heterocycles. The summed E-state index contributed by atoms with van der Waals surface area (Å²) < 4.78 is 5.49. The van der Waals surface area contributed by atoms with Gasteiger partial charge in [-0.2, -0.15) is 10.2 Å². The Hall–Kier alpha value is -5.55. The quantitative estimate of drug-likeness (QED) is 0.213. The van der Waals surface area contributed by atoms with Gasteiger partial charge in [0.2, 0.25) is 5.82 Å². The zero-order valence-corrected chi connectivity index (χ0v) is 24.0. The van der Waals surface area contributed by atoms with Crippen LogP contribution in [0.2, 0.25) is 0 Å². The molecule has 1 heterocycles. The molecule has 5 aromatic rings. The second kappa shape index (κ2) is 12.1. The normalized spacial score (nSPS) is 11.9. The van der Waals surface area contributed by atoms with Crippen molar-refractivity contribution in [3.63, 3.8) is 0 Å². The predicted octanol–water partition coefficient (Wildman–Crippen LogP) is 6.67. The summed E-state index contributed by atoms with van der Waals surface area (Å²) in [5.74, 6) is -0.814. The highest BCUT2D eigenvalue weighted by molar-refractivity contribution is 5.96. The van der Waals surface area contributed by atoms with Crippen LogP contribution in [0.15, 0.2) is 102 Å². The van der Waals surface area contributed by atoms with Gasteiger partial charge < -0.3 is 14.9 Å². The minimum absolute atomic E-state index is 0.0496. The van der Waals surface area contributed by atoms with Crippen molar-refractivity contribution in [3.05, 3.63) is 119 Å². The molecule has 43 heavy (non-hydrogen) atoms. The molecule has 1 atom stereocenters. The number of carboxylic acids is 1. The van der Waals surface area contributed by atoms with Crippen LogP contribution in [0.5, 0.6) is 0 Å². The molecule has 8 nitrogen and oxygen atoms in total. The number of hydrogen-bond donors (Lipinski definition) is 2. The number of aliphatic carboxylic acids is 1. The molecule has 0 unspecified atom stereocenters. The van der Waals surface area contributed by atoms with E-state index in [4.69, 9.17) is 4.52 Å². The van der Waals surface area contributed by atoms with Gasteiger partial charge in [0.25, 0.3) is 11.8 Å². The molecule has 8 heteroatoms. The minimum atomic E-state index is -1.12. The average Bonchev–Trinajstić information content (AvgIpc) is 3.51. The Morgan fingerprint density at radius 1 is 0.884 bits per heavy atom. The van der Waals surface area contributed by atoms with Crippen molar-refractivity contribution < 1.29 is 19.2 Å². The summed E-state index contributed by atoms with van der Waals surface area (Å²) in [5, 5.41) is 25.9. The number of rotatable bonds is 8. The molecule has 214 valence electrons. The maximum atomic E-state index is 12.8. The molecule has 2 N–H and O–H groups in total. The van der Waals surface area contributed by atoms with Crippen molar-refractivity contribution in [2.75, 3.05) is 0 Å². The van der Waals surface area contributed by atoms with Gasteiger partial charge in [0.05, 0.1) is 11.6 Å². The van der Waals surface area contributed by atoms with Crippen LogP contribution < -0.4 is 5.32 Å². The molecular weight excluding hydrogens is 540 g/mol. The lowest BCUT2D eigenvalue weighted by molar-refractivity contribution is -0.139. The van der Waals surface area contributed by atoms with Crippen LogP contribution in [-0.2, 0) is 16.6 Å². The third kappa shape index (κ3) is 6.68. The molecule has 0 spiro atoms. The lowest BCUT2D eigenvalue weighted by Gasteiger charge is -2.19. The lowest BCUT2D eigenvalue weighted by Crippen LogP contribution is -2.42. The zero-order valence-electron chi connectivity index (χ0n) is 24.0. The minimum Gasteiger partial charge on any atom is -0.480 e. The van der Waals surface area contributed by atoms with Crippen molar-refractivity contribution in [3.8, 4) is 40.0 Å². The molecule has 0 fully saturated rings. The van der Waals surface area contributed by atoms with Gasteiger partial charge in [-0.15, -0.1) is 0 Å². The number of carbonyl (C=O) groups excluding carboxylic acids is 1. The highest BCUT2D eigenvalue weighted by atomic mass is 16.5. The number of nitrogens with zero attached hydrogens (tertiary/aromatic N) is 3. The second-order valence-corrected chi connectivity index (χ2v) is 11.3. The zero-order chi connectivity index (χ0) is 30.6. The summed E-state index contributed by atoms with van der Waals surface area (Å²) in [6.45, 7) is 6.26. The number of aromatic nitrogens is 2. The van der Waals surface area contributed by atoms with Crippen LogP contribution in [0, 0.1) is 11.3 Å². The van der Waals surface area contributed by atoms with Gasteiger partial charge in [0, 0.05) is 23.1 Å². The molecule has 0 saturated carbocycles. The Morgan fingerprint density at radius 2 is 1.51 bits per heavy atom. The molecule has 4 aromatic carbocycles. The second-order valence-electron chi connectivity index (χ2n) is 11.3. The first-order valence-electron chi connectivity index (χ1n) is 13.8. The van der Waals surface area contributed by atoms with Crippen LogP contribution in [-0.4, -0.2) is 33.2 Å². The summed E-state index contributed by atoms with van der Waals surface area (Å²) in [4.78, 5) is 29.2. The SMILES string of the molecule is CC(C)(C)c1ccc(C(=O)N[C@@H](Cc2ccc(-c3noc(-c4ccc(-c5ccccc5C#N)cc4)n3)cc2)C(=O)O)cc1. The number of carbonyl (C=O) groups is 2. The molecule has 0 aliphatic heterocycles. The van der Waals surface area contributed by atoms with Crippen LogP contribution >= 0.6 is 0 Å². The van der Waals surface area contributed by atoms with E-state index in [1.165, 1.54) is 0 Å². The van der Waals surface area contributed by atoms with Gasteiger partial charge in [0.1, 0.15) is 6.04 Å². The van der Waals surface area contributed by atoms with Crippen LogP contribution in [0.25, 0.3) is 34.0 Å².